The predicted octanol–water partition coefficient (Wildman–Crippen LogP) is 2.08. The van der Waals surface area contributed by atoms with Gasteiger partial charge in [0.15, 0.2) is 4.77 Å². The Balaban J connectivity index is 1.89. The molecule has 0 fully saturated rings. The van der Waals surface area contributed by atoms with Crippen LogP contribution in [0.4, 0.5) is 0 Å². The van der Waals surface area contributed by atoms with E-state index in [9.17, 15) is 14.7 Å². The van der Waals surface area contributed by atoms with Gasteiger partial charge < -0.3 is 15.0 Å². The molecule has 26 heavy (non-hydrogen) atoms. The summed E-state index contributed by atoms with van der Waals surface area (Å²) in [4.78, 5) is 29.9. The summed E-state index contributed by atoms with van der Waals surface area (Å²) < 4.78 is 1.46. The number of benzene rings is 2. The van der Waals surface area contributed by atoms with Crippen LogP contribution in [0.5, 0.6) is 0 Å². The minimum atomic E-state index is -0.304. The van der Waals surface area contributed by atoms with Crippen LogP contribution in [-0.4, -0.2) is 38.6 Å². The number of carbonyl (C=O) groups is 1. The molecule has 0 spiro atoms. The molecule has 0 bridgehead atoms. The molecule has 1 amide bonds. The second-order valence-electron chi connectivity index (χ2n) is 5.89. The average Bonchev–Trinajstić information content (AvgIpc) is 2.65. The van der Waals surface area contributed by atoms with E-state index in [0.717, 1.165) is 5.56 Å². The van der Waals surface area contributed by atoms with Gasteiger partial charge in [0.05, 0.1) is 17.5 Å². The summed E-state index contributed by atoms with van der Waals surface area (Å²) in [6, 6.07) is 16.5. The summed E-state index contributed by atoms with van der Waals surface area (Å²) >= 11 is 5.25. The average molecular weight is 369 g/mol. The maximum absolute atomic E-state index is 12.7. The fourth-order valence-electron chi connectivity index (χ4n) is 2.79. The fourth-order valence-corrected chi connectivity index (χ4v) is 3.05. The number of aliphatic hydroxyl groups is 1. The van der Waals surface area contributed by atoms with Gasteiger partial charge in [0, 0.05) is 13.1 Å². The summed E-state index contributed by atoms with van der Waals surface area (Å²) in [7, 11) is 0. The first-order chi connectivity index (χ1) is 12.6. The molecule has 2 aromatic carbocycles. The van der Waals surface area contributed by atoms with E-state index in [4.69, 9.17) is 12.2 Å². The number of H-pyrrole nitrogens is 1. The lowest BCUT2D eigenvalue weighted by molar-refractivity contribution is -0.133. The number of rotatable bonds is 6. The van der Waals surface area contributed by atoms with Crippen molar-refractivity contribution in [3.8, 4) is 0 Å². The lowest BCUT2D eigenvalue weighted by atomic mass is 10.2. The van der Waals surface area contributed by atoms with E-state index >= 15 is 0 Å². The zero-order valence-electron chi connectivity index (χ0n) is 14.1. The van der Waals surface area contributed by atoms with Crippen LogP contribution in [0.1, 0.15) is 5.56 Å². The first kappa shape index (κ1) is 18.0. The van der Waals surface area contributed by atoms with E-state index in [0.29, 0.717) is 17.4 Å². The maximum atomic E-state index is 12.7. The Kier molecular flexibility index (Phi) is 5.60. The van der Waals surface area contributed by atoms with Crippen molar-refractivity contribution in [2.45, 2.75) is 13.1 Å². The first-order valence-electron chi connectivity index (χ1n) is 8.24. The molecule has 0 saturated heterocycles. The zero-order valence-corrected chi connectivity index (χ0v) is 14.9. The highest BCUT2D eigenvalue weighted by molar-refractivity contribution is 7.71. The van der Waals surface area contributed by atoms with Gasteiger partial charge in [-0.15, -0.1) is 0 Å². The largest absolute Gasteiger partial charge is 0.395 e. The Morgan fingerprint density at radius 3 is 2.54 bits per heavy atom. The minimum Gasteiger partial charge on any atom is -0.395 e. The number of aromatic amines is 1. The number of carbonyl (C=O) groups excluding carboxylic acids is 1. The smallest absolute Gasteiger partial charge is 0.262 e. The van der Waals surface area contributed by atoms with Crippen molar-refractivity contribution >= 4 is 29.0 Å². The van der Waals surface area contributed by atoms with Crippen LogP contribution in [-0.2, 0) is 17.9 Å². The standard InChI is InChI=1S/C19H19N3O3S/c23-11-10-21(12-14-6-2-1-3-7-14)17(24)13-22-18(25)15-8-4-5-9-16(15)20-19(22)26/h1-9,23H,10-13H2,(H,20,26). The van der Waals surface area contributed by atoms with Gasteiger partial charge in [0.25, 0.3) is 5.56 Å². The maximum Gasteiger partial charge on any atom is 0.262 e. The van der Waals surface area contributed by atoms with Crippen molar-refractivity contribution in [1.29, 1.82) is 0 Å². The van der Waals surface area contributed by atoms with Gasteiger partial charge >= 0.3 is 0 Å². The number of nitrogens with zero attached hydrogens (tertiary/aromatic N) is 2. The molecule has 0 aliphatic rings. The first-order valence-corrected chi connectivity index (χ1v) is 8.65. The molecule has 134 valence electrons. The molecule has 0 saturated carbocycles. The number of hydrogen-bond acceptors (Lipinski definition) is 4. The van der Waals surface area contributed by atoms with Crippen LogP contribution in [0.15, 0.2) is 59.4 Å². The van der Waals surface area contributed by atoms with E-state index in [1.807, 2.05) is 36.4 Å². The van der Waals surface area contributed by atoms with Gasteiger partial charge in [-0.25, -0.2) is 0 Å². The molecule has 0 aliphatic heterocycles. The second-order valence-corrected chi connectivity index (χ2v) is 6.28. The third kappa shape index (κ3) is 3.89. The highest BCUT2D eigenvalue weighted by atomic mass is 32.1. The lowest BCUT2D eigenvalue weighted by Gasteiger charge is -2.22. The van der Waals surface area contributed by atoms with Gasteiger partial charge in [-0.3, -0.25) is 14.2 Å². The Hall–Kier alpha value is -2.77. The molecule has 1 aromatic heterocycles. The van der Waals surface area contributed by atoms with Gasteiger partial charge in [-0.2, -0.15) is 0 Å². The van der Waals surface area contributed by atoms with Crippen molar-refractivity contribution in [2.75, 3.05) is 13.2 Å². The van der Waals surface area contributed by atoms with E-state index < -0.39 is 0 Å². The van der Waals surface area contributed by atoms with Crippen LogP contribution in [0.2, 0.25) is 0 Å². The third-order valence-corrected chi connectivity index (χ3v) is 4.44. The number of aliphatic hydroxyl groups excluding tert-OH is 1. The molecule has 0 atom stereocenters. The van der Waals surface area contributed by atoms with Gasteiger partial charge in [0.1, 0.15) is 6.54 Å². The van der Waals surface area contributed by atoms with Gasteiger partial charge in [0.2, 0.25) is 5.91 Å². The summed E-state index contributed by atoms with van der Waals surface area (Å²) in [6.45, 7) is 0.218. The molecule has 0 radical (unpaired) electrons. The number of aromatic nitrogens is 2. The van der Waals surface area contributed by atoms with Crippen molar-refractivity contribution in [2.24, 2.45) is 0 Å². The van der Waals surface area contributed by atoms with Gasteiger partial charge in [-0.1, -0.05) is 42.5 Å². The SMILES string of the molecule is O=C(Cn1c(=S)[nH]c2ccccc2c1=O)N(CCO)Cc1ccccc1. The van der Waals surface area contributed by atoms with Crippen LogP contribution in [0, 0.1) is 4.77 Å². The normalized spacial score (nSPS) is 10.8. The summed E-state index contributed by atoms with van der Waals surface area (Å²) in [6.07, 6.45) is 0. The lowest BCUT2D eigenvalue weighted by Crippen LogP contribution is -2.38. The summed E-state index contributed by atoms with van der Waals surface area (Å²) in [5, 5.41) is 9.77. The van der Waals surface area contributed by atoms with Crippen molar-refractivity contribution in [3.63, 3.8) is 0 Å². The number of fused-ring (bicyclic) bond motifs is 1. The van der Waals surface area contributed by atoms with Crippen LogP contribution in [0.3, 0.4) is 0 Å². The van der Waals surface area contributed by atoms with Crippen LogP contribution in [0.25, 0.3) is 10.9 Å². The third-order valence-electron chi connectivity index (χ3n) is 4.12. The summed E-state index contributed by atoms with van der Waals surface area (Å²) in [5.74, 6) is -0.278. The minimum absolute atomic E-state index is 0.155. The molecule has 0 unspecified atom stereocenters. The molecule has 7 heteroatoms. The number of nitrogens with one attached hydrogen (secondary N) is 1. The number of amides is 1. The van der Waals surface area contributed by atoms with Crippen LogP contribution < -0.4 is 5.56 Å². The van der Waals surface area contributed by atoms with Gasteiger partial charge in [-0.05, 0) is 29.9 Å². The van der Waals surface area contributed by atoms with Crippen LogP contribution >= 0.6 is 12.2 Å². The Labute approximate surface area is 155 Å². The highest BCUT2D eigenvalue weighted by Crippen LogP contribution is 2.08. The van der Waals surface area contributed by atoms with Crippen molar-refractivity contribution in [3.05, 3.63) is 75.3 Å². The Morgan fingerprint density at radius 2 is 1.81 bits per heavy atom. The molecule has 2 N–H and O–H groups in total. The second kappa shape index (κ2) is 8.07. The Bertz CT molecular complexity index is 1030. The Morgan fingerprint density at radius 1 is 1.12 bits per heavy atom. The monoisotopic (exact) mass is 369 g/mol. The quantitative estimate of drug-likeness (QED) is 0.652. The number of para-hydroxylation sites is 1. The van der Waals surface area contributed by atoms with E-state index in [-0.39, 0.29) is 35.9 Å². The molecule has 1 heterocycles. The molecule has 3 rings (SSSR count). The predicted molar refractivity (Wildman–Crippen MR) is 102 cm³/mol. The number of hydrogen-bond donors (Lipinski definition) is 2. The zero-order chi connectivity index (χ0) is 18.5. The van der Waals surface area contributed by atoms with Crippen molar-refractivity contribution in [1.82, 2.24) is 14.5 Å². The van der Waals surface area contributed by atoms with E-state index in [1.165, 1.54) is 9.47 Å². The fraction of sp³-hybridized carbons (Fsp3) is 0.211. The molecule has 0 aliphatic carbocycles. The topological polar surface area (TPSA) is 78.3 Å². The van der Waals surface area contributed by atoms with Crippen molar-refractivity contribution < 1.29 is 9.90 Å². The van der Waals surface area contributed by atoms with E-state index in [1.54, 1.807) is 18.2 Å². The summed E-state index contributed by atoms with van der Waals surface area (Å²) in [5.41, 5.74) is 1.29. The molecular weight excluding hydrogens is 350 g/mol. The molecule has 3 aromatic rings. The molecule has 6 nitrogen and oxygen atoms in total. The van der Waals surface area contributed by atoms with E-state index in [2.05, 4.69) is 4.98 Å². The highest BCUT2D eigenvalue weighted by Gasteiger charge is 2.16. The molecular formula is C19H19N3O3S.